The molecule has 0 radical (unpaired) electrons. The molecule has 29 heavy (non-hydrogen) atoms. The summed E-state index contributed by atoms with van der Waals surface area (Å²) in [6, 6.07) is 23.4. The predicted molar refractivity (Wildman–Crippen MR) is 114 cm³/mol. The molecule has 2 amide bonds. The third-order valence-electron chi connectivity index (χ3n) is 4.92. The number of carbonyl (C=O) groups excluding carboxylic acids is 2. The van der Waals surface area contributed by atoms with E-state index in [1.807, 2.05) is 72.8 Å². The SMILES string of the molecule is CC(=O)N(CCC(=O)NCC(O)c1ccc2ccccc2c1)Cc1ccccc1. The van der Waals surface area contributed by atoms with Crippen molar-refractivity contribution >= 4 is 22.6 Å². The van der Waals surface area contributed by atoms with Crippen molar-refractivity contribution in [3.05, 3.63) is 83.9 Å². The number of hydrogen-bond donors (Lipinski definition) is 2. The van der Waals surface area contributed by atoms with Crippen LogP contribution in [0.2, 0.25) is 0 Å². The molecule has 0 saturated carbocycles. The van der Waals surface area contributed by atoms with Crippen LogP contribution in [0.1, 0.15) is 30.6 Å². The van der Waals surface area contributed by atoms with E-state index in [2.05, 4.69) is 5.32 Å². The number of carbonyl (C=O) groups is 2. The van der Waals surface area contributed by atoms with Gasteiger partial charge in [0, 0.05) is 33.0 Å². The Hall–Kier alpha value is -3.18. The van der Waals surface area contributed by atoms with E-state index < -0.39 is 6.10 Å². The lowest BCUT2D eigenvalue weighted by Gasteiger charge is -2.21. The third kappa shape index (κ3) is 5.90. The Kier molecular flexibility index (Phi) is 6.98. The molecule has 150 valence electrons. The molecule has 0 fully saturated rings. The number of nitrogens with zero attached hydrogens (tertiary/aromatic N) is 1. The quantitative estimate of drug-likeness (QED) is 0.619. The molecule has 1 unspecified atom stereocenters. The van der Waals surface area contributed by atoms with Crippen LogP contribution in [0.5, 0.6) is 0 Å². The summed E-state index contributed by atoms with van der Waals surface area (Å²) in [5, 5.41) is 15.3. The van der Waals surface area contributed by atoms with E-state index in [1.165, 1.54) is 6.92 Å². The van der Waals surface area contributed by atoms with Gasteiger partial charge in [-0.15, -0.1) is 0 Å². The minimum atomic E-state index is -0.781. The van der Waals surface area contributed by atoms with Crippen LogP contribution in [0.4, 0.5) is 0 Å². The van der Waals surface area contributed by atoms with Gasteiger partial charge in [0.15, 0.2) is 0 Å². The highest BCUT2D eigenvalue weighted by Gasteiger charge is 2.14. The van der Waals surface area contributed by atoms with E-state index in [0.717, 1.165) is 21.9 Å². The van der Waals surface area contributed by atoms with Crippen molar-refractivity contribution in [2.45, 2.75) is 26.0 Å². The third-order valence-corrected chi connectivity index (χ3v) is 4.92. The molecule has 0 heterocycles. The molecular formula is C24H26N2O3. The summed E-state index contributed by atoms with van der Waals surface area (Å²) in [6.07, 6.45) is -0.589. The van der Waals surface area contributed by atoms with Crippen molar-refractivity contribution in [1.82, 2.24) is 10.2 Å². The van der Waals surface area contributed by atoms with Crippen LogP contribution in [0.3, 0.4) is 0 Å². The summed E-state index contributed by atoms with van der Waals surface area (Å²) < 4.78 is 0. The van der Waals surface area contributed by atoms with Crippen molar-refractivity contribution in [1.29, 1.82) is 0 Å². The molecule has 0 aliphatic rings. The average Bonchev–Trinajstić information content (AvgIpc) is 2.75. The van der Waals surface area contributed by atoms with E-state index in [-0.39, 0.29) is 24.8 Å². The van der Waals surface area contributed by atoms with Crippen LogP contribution < -0.4 is 5.32 Å². The molecule has 0 spiro atoms. The summed E-state index contributed by atoms with van der Waals surface area (Å²) in [5.74, 6) is -0.262. The van der Waals surface area contributed by atoms with Gasteiger partial charge in [-0.1, -0.05) is 66.7 Å². The fourth-order valence-electron chi connectivity index (χ4n) is 3.22. The first-order valence-corrected chi connectivity index (χ1v) is 9.76. The molecule has 0 aliphatic heterocycles. The molecule has 2 N–H and O–H groups in total. The first-order chi connectivity index (χ1) is 14.0. The zero-order valence-corrected chi connectivity index (χ0v) is 16.5. The Morgan fingerprint density at radius 3 is 2.38 bits per heavy atom. The standard InChI is InChI=1S/C24H26N2O3/c1-18(27)26(17-19-7-3-2-4-8-19)14-13-24(29)25-16-23(28)22-12-11-20-9-5-6-10-21(20)15-22/h2-12,15,23,28H,13-14,16-17H2,1H3,(H,25,29). The van der Waals surface area contributed by atoms with Crippen LogP contribution in [-0.2, 0) is 16.1 Å². The normalized spacial score (nSPS) is 11.8. The van der Waals surface area contributed by atoms with E-state index in [1.54, 1.807) is 4.90 Å². The number of aliphatic hydroxyl groups excluding tert-OH is 1. The lowest BCUT2D eigenvalue weighted by Crippen LogP contribution is -2.34. The first-order valence-electron chi connectivity index (χ1n) is 9.76. The summed E-state index contributed by atoms with van der Waals surface area (Å²) in [5.41, 5.74) is 1.79. The fraction of sp³-hybridized carbons (Fsp3) is 0.250. The van der Waals surface area contributed by atoms with Gasteiger partial charge in [-0.05, 0) is 28.0 Å². The Morgan fingerprint density at radius 1 is 0.966 bits per heavy atom. The monoisotopic (exact) mass is 390 g/mol. The van der Waals surface area contributed by atoms with Gasteiger partial charge in [-0.2, -0.15) is 0 Å². The molecule has 5 nitrogen and oxygen atoms in total. The van der Waals surface area contributed by atoms with Crippen LogP contribution in [-0.4, -0.2) is 34.9 Å². The second kappa shape index (κ2) is 9.85. The number of amides is 2. The molecule has 0 saturated heterocycles. The molecule has 0 aromatic heterocycles. The van der Waals surface area contributed by atoms with Crippen LogP contribution >= 0.6 is 0 Å². The summed E-state index contributed by atoms with van der Waals surface area (Å²) >= 11 is 0. The fourth-order valence-corrected chi connectivity index (χ4v) is 3.22. The zero-order valence-electron chi connectivity index (χ0n) is 16.5. The van der Waals surface area contributed by atoms with Gasteiger partial charge in [0.25, 0.3) is 0 Å². The number of rotatable bonds is 8. The molecule has 3 aromatic rings. The van der Waals surface area contributed by atoms with E-state index >= 15 is 0 Å². The summed E-state index contributed by atoms with van der Waals surface area (Å²) in [4.78, 5) is 25.7. The van der Waals surface area contributed by atoms with Crippen LogP contribution in [0.25, 0.3) is 10.8 Å². The predicted octanol–water partition coefficient (Wildman–Crippen LogP) is 3.43. The number of benzene rings is 3. The highest BCUT2D eigenvalue weighted by molar-refractivity contribution is 5.83. The van der Waals surface area contributed by atoms with E-state index in [4.69, 9.17) is 0 Å². The highest BCUT2D eigenvalue weighted by Crippen LogP contribution is 2.20. The van der Waals surface area contributed by atoms with Crippen molar-refractivity contribution in [3.8, 4) is 0 Å². The van der Waals surface area contributed by atoms with Gasteiger partial charge in [0.1, 0.15) is 0 Å². The number of hydrogen-bond acceptors (Lipinski definition) is 3. The Balaban J connectivity index is 1.49. The first kappa shape index (κ1) is 20.6. The Bertz CT molecular complexity index is 972. The maximum absolute atomic E-state index is 12.2. The van der Waals surface area contributed by atoms with Gasteiger partial charge in [-0.3, -0.25) is 9.59 Å². The second-order valence-corrected chi connectivity index (χ2v) is 7.10. The second-order valence-electron chi connectivity index (χ2n) is 7.10. The average molecular weight is 390 g/mol. The zero-order chi connectivity index (χ0) is 20.6. The van der Waals surface area contributed by atoms with Crippen LogP contribution in [0.15, 0.2) is 72.8 Å². The summed E-state index contributed by atoms with van der Waals surface area (Å²) in [7, 11) is 0. The maximum atomic E-state index is 12.2. The largest absolute Gasteiger partial charge is 0.387 e. The smallest absolute Gasteiger partial charge is 0.221 e. The maximum Gasteiger partial charge on any atom is 0.221 e. The molecular weight excluding hydrogens is 364 g/mol. The number of nitrogens with one attached hydrogen (secondary N) is 1. The Morgan fingerprint density at radius 2 is 1.66 bits per heavy atom. The topological polar surface area (TPSA) is 69.6 Å². The molecule has 1 atom stereocenters. The van der Waals surface area contributed by atoms with Gasteiger partial charge in [-0.25, -0.2) is 0 Å². The number of aliphatic hydroxyl groups is 1. The van der Waals surface area contributed by atoms with Crippen LogP contribution in [0, 0.1) is 0 Å². The minimum absolute atomic E-state index is 0.0714. The summed E-state index contributed by atoms with van der Waals surface area (Å²) in [6.45, 7) is 2.45. The van der Waals surface area contributed by atoms with Gasteiger partial charge < -0.3 is 15.3 Å². The van der Waals surface area contributed by atoms with Gasteiger partial charge >= 0.3 is 0 Å². The van der Waals surface area contributed by atoms with Crippen molar-refractivity contribution in [2.24, 2.45) is 0 Å². The number of fused-ring (bicyclic) bond motifs is 1. The Labute approximate surface area is 171 Å². The molecule has 3 aromatic carbocycles. The molecule has 0 bridgehead atoms. The molecule has 5 heteroatoms. The molecule has 0 aliphatic carbocycles. The highest BCUT2D eigenvalue weighted by atomic mass is 16.3. The van der Waals surface area contributed by atoms with Gasteiger partial charge in [0.2, 0.25) is 11.8 Å². The van der Waals surface area contributed by atoms with Gasteiger partial charge in [0.05, 0.1) is 6.10 Å². The van der Waals surface area contributed by atoms with Crippen molar-refractivity contribution < 1.29 is 14.7 Å². The van der Waals surface area contributed by atoms with E-state index in [0.29, 0.717) is 13.1 Å². The lowest BCUT2D eigenvalue weighted by molar-refractivity contribution is -0.130. The van der Waals surface area contributed by atoms with Crippen molar-refractivity contribution in [3.63, 3.8) is 0 Å². The van der Waals surface area contributed by atoms with Crippen molar-refractivity contribution in [2.75, 3.05) is 13.1 Å². The minimum Gasteiger partial charge on any atom is -0.387 e. The van der Waals surface area contributed by atoms with E-state index in [9.17, 15) is 14.7 Å². The lowest BCUT2D eigenvalue weighted by atomic mass is 10.0. The molecule has 3 rings (SSSR count).